The molecule has 0 fully saturated rings. The van der Waals surface area contributed by atoms with Crippen LogP contribution in [0.3, 0.4) is 0 Å². The van der Waals surface area contributed by atoms with E-state index in [9.17, 15) is 9.59 Å². The van der Waals surface area contributed by atoms with E-state index in [0.29, 0.717) is 33.0 Å². The Bertz CT molecular complexity index is 1040. The van der Waals surface area contributed by atoms with Crippen molar-refractivity contribution in [2.75, 3.05) is 12.4 Å². The molecule has 0 aliphatic carbocycles. The summed E-state index contributed by atoms with van der Waals surface area (Å²) in [7, 11) is 1.53. The van der Waals surface area contributed by atoms with Gasteiger partial charge in [0.05, 0.1) is 18.4 Å². The number of nitrogens with zero attached hydrogens (tertiary/aromatic N) is 3. The summed E-state index contributed by atoms with van der Waals surface area (Å²) in [5.41, 5.74) is 1.31. The molecule has 2 aromatic heterocycles. The van der Waals surface area contributed by atoms with E-state index >= 15 is 0 Å². The first-order valence-corrected chi connectivity index (χ1v) is 8.46. The fourth-order valence-corrected chi connectivity index (χ4v) is 2.83. The van der Waals surface area contributed by atoms with Crippen molar-refractivity contribution in [1.82, 2.24) is 19.7 Å². The Morgan fingerprint density at radius 3 is 2.69 bits per heavy atom. The Kier molecular flexibility index (Phi) is 4.90. The van der Waals surface area contributed by atoms with Gasteiger partial charge in [0.2, 0.25) is 5.95 Å². The number of aromatic nitrogens is 4. The number of ether oxygens (including phenoxy) is 1. The lowest BCUT2D eigenvalue weighted by atomic mass is 10.2. The molecule has 2 heterocycles. The number of methoxy groups -OCH3 is 1. The predicted octanol–water partition coefficient (Wildman–Crippen LogP) is 2.60. The van der Waals surface area contributed by atoms with Crippen LogP contribution in [0.25, 0.3) is 5.95 Å². The number of hydrogen-bond donors (Lipinski definition) is 2. The Morgan fingerprint density at radius 2 is 2.00 bits per heavy atom. The first-order chi connectivity index (χ1) is 12.4. The van der Waals surface area contributed by atoms with Gasteiger partial charge in [-0.2, -0.15) is 9.78 Å². The monoisotopic (exact) mass is 417 g/mol. The van der Waals surface area contributed by atoms with Crippen molar-refractivity contribution in [2.24, 2.45) is 0 Å². The van der Waals surface area contributed by atoms with Crippen LogP contribution in [0.1, 0.15) is 21.7 Å². The lowest BCUT2D eigenvalue weighted by Gasteiger charge is -2.10. The van der Waals surface area contributed by atoms with Gasteiger partial charge in [0.25, 0.3) is 11.5 Å². The molecule has 0 radical (unpaired) electrons. The highest BCUT2D eigenvalue weighted by atomic mass is 79.9. The van der Waals surface area contributed by atoms with Crippen molar-refractivity contribution < 1.29 is 9.53 Å². The third-order valence-corrected chi connectivity index (χ3v) is 4.24. The molecule has 2 N–H and O–H groups in total. The molecule has 0 aliphatic rings. The molecule has 0 spiro atoms. The zero-order chi connectivity index (χ0) is 18.8. The summed E-state index contributed by atoms with van der Waals surface area (Å²) in [6.45, 7) is 3.49. The smallest absolute Gasteiger partial charge is 0.258 e. The van der Waals surface area contributed by atoms with Crippen molar-refractivity contribution in [3.8, 4) is 11.7 Å². The average Bonchev–Trinajstić information content (AvgIpc) is 2.94. The Morgan fingerprint density at radius 1 is 1.23 bits per heavy atom. The third kappa shape index (κ3) is 3.67. The molecule has 0 unspecified atom stereocenters. The molecule has 0 saturated carbocycles. The van der Waals surface area contributed by atoms with Gasteiger partial charge in [0.15, 0.2) is 0 Å². The van der Waals surface area contributed by atoms with E-state index in [0.717, 1.165) is 0 Å². The Hall–Kier alpha value is -2.94. The largest absolute Gasteiger partial charge is 0.497 e. The van der Waals surface area contributed by atoms with Crippen LogP contribution in [0, 0.1) is 13.8 Å². The minimum Gasteiger partial charge on any atom is -0.497 e. The number of aromatic amines is 1. The number of benzene rings is 1. The van der Waals surface area contributed by atoms with Crippen molar-refractivity contribution in [1.29, 1.82) is 0 Å². The van der Waals surface area contributed by atoms with E-state index in [-0.39, 0.29) is 17.4 Å². The van der Waals surface area contributed by atoms with Gasteiger partial charge < -0.3 is 10.1 Å². The van der Waals surface area contributed by atoms with Crippen molar-refractivity contribution in [3.63, 3.8) is 0 Å². The van der Waals surface area contributed by atoms with Gasteiger partial charge in [-0.3, -0.25) is 14.6 Å². The maximum absolute atomic E-state index is 12.7. The fourth-order valence-electron chi connectivity index (χ4n) is 2.40. The highest BCUT2D eigenvalue weighted by Gasteiger charge is 2.16. The number of carbonyl (C=O) groups excluding carboxylic acids is 1. The summed E-state index contributed by atoms with van der Waals surface area (Å²) < 4.78 is 7.18. The third-order valence-electron chi connectivity index (χ3n) is 3.55. The summed E-state index contributed by atoms with van der Waals surface area (Å²) in [4.78, 5) is 31.3. The lowest BCUT2D eigenvalue weighted by Crippen LogP contribution is -2.19. The number of rotatable bonds is 4. The second kappa shape index (κ2) is 7.12. The van der Waals surface area contributed by atoms with Gasteiger partial charge in [0.1, 0.15) is 11.6 Å². The van der Waals surface area contributed by atoms with Crippen LogP contribution < -0.4 is 15.6 Å². The predicted molar refractivity (Wildman–Crippen MR) is 100 cm³/mol. The van der Waals surface area contributed by atoms with Gasteiger partial charge in [-0.1, -0.05) is 0 Å². The standard InChI is InChI=1S/C17H16BrN5O3/c1-9-7-15(24)21-17(19-9)23-14(6-10(2)22-23)20-16(25)12-8-11(26-3)4-5-13(12)18/h4-8H,1-3H3,(H,20,25)(H,19,21,24). The molecule has 0 saturated heterocycles. The number of amides is 1. The van der Waals surface area contributed by atoms with E-state index in [1.54, 1.807) is 38.1 Å². The zero-order valence-electron chi connectivity index (χ0n) is 14.3. The van der Waals surface area contributed by atoms with E-state index in [1.807, 2.05) is 0 Å². The molecule has 26 heavy (non-hydrogen) atoms. The number of nitrogens with one attached hydrogen (secondary N) is 2. The summed E-state index contributed by atoms with van der Waals surface area (Å²) in [6.07, 6.45) is 0. The molecule has 134 valence electrons. The molecule has 0 aliphatic heterocycles. The average molecular weight is 418 g/mol. The lowest BCUT2D eigenvalue weighted by molar-refractivity contribution is 0.102. The quantitative estimate of drug-likeness (QED) is 0.678. The normalized spacial score (nSPS) is 10.6. The molecule has 0 bridgehead atoms. The molecular formula is C17H16BrN5O3. The second-order valence-corrected chi connectivity index (χ2v) is 6.45. The summed E-state index contributed by atoms with van der Waals surface area (Å²) in [5, 5.41) is 7.09. The molecule has 3 aromatic rings. The topological polar surface area (TPSA) is 102 Å². The maximum Gasteiger partial charge on any atom is 0.258 e. The molecule has 9 heteroatoms. The highest BCUT2D eigenvalue weighted by Crippen LogP contribution is 2.24. The van der Waals surface area contributed by atoms with Crippen LogP contribution in [-0.4, -0.2) is 32.8 Å². The van der Waals surface area contributed by atoms with Gasteiger partial charge in [0, 0.05) is 22.3 Å². The molecular weight excluding hydrogens is 402 g/mol. The van der Waals surface area contributed by atoms with Crippen LogP contribution in [-0.2, 0) is 0 Å². The van der Waals surface area contributed by atoms with E-state index < -0.39 is 0 Å². The van der Waals surface area contributed by atoms with Crippen LogP contribution in [0.4, 0.5) is 5.82 Å². The van der Waals surface area contributed by atoms with E-state index in [4.69, 9.17) is 4.74 Å². The number of hydrogen-bond acceptors (Lipinski definition) is 5. The van der Waals surface area contributed by atoms with Crippen LogP contribution in [0.2, 0.25) is 0 Å². The molecule has 0 atom stereocenters. The highest BCUT2D eigenvalue weighted by molar-refractivity contribution is 9.10. The minimum absolute atomic E-state index is 0.225. The Balaban J connectivity index is 1.99. The fraction of sp³-hybridized carbons (Fsp3) is 0.176. The number of H-pyrrole nitrogens is 1. The summed E-state index contributed by atoms with van der Waals surface area (Å²) in [6, 6.07) is 8.17. The number of halogens is 1. The number of aryl methyl sites for hydroxylation is 2. The first kappa shape index (κ1) is 17.9. The second-order valence-electron chi connectivity index (χ2n) is 5.59. The SMILES string of the molecule is COc1ccc(Br)c(C(=O)Nc2cc(C)nn2-c2nc(C)cc(=O)[nH]2)c1. The summed E-state index contributed by atoms with van der Waals surface area (Å²) >= 11 is 3.36. The van der Waals surface area contributed by atoms with Gasteiger partial charge >= 0.3 is 0 Å². The van der Waals surface area contributed by atoms with E-state index in [1.165, 1.54) is 17.9 Å². The first-order valence-electron chi connectivity index (χ1n) is 7.67. The zero-order valence-corrected chi connectivity index (χ0v) is 15.9. The van der Waals surface area contributed by atoms with Crippen molar-refractivity contribution in [3.05, 3.63) is 62.1 Å². The van der Waals surface area contributed by atoms with Crippen molar-refractivity contribution in [2.45, 2.75) is 13.8 Å². The van der Waals surface area contributed by atoms with Gasteiger partial charge in [-0.25, -0.2) is 4.98 Å². The van der Waals surface area contributed by atoms with Gasteiger partial charge in [-0.15, -0.1) is 0 Å². The minimum atomic E-state index is -0.355. The van der Waals surface area contributed by atoms with Crippen LogP contribution >= 0.6 is 15.9 Å². The number of carbonyl (C=O) groups is 1. The summed E-state index contributed by atoms with van der Waals surface area (Å²) in [5.74, 6) is 0.818. The van der Waals surface area contributed by atoms with Crippen molar-refractivity contribution >= 4 is 27.7 Å². The Labute approximate surface area is 157 Å². The molecule has 1 amide bonds. The van der Waals surface area contributed by atoms with Crippen LogP contribution in [0.15, 0.2) is 39.6 Å². The van der Waals surface area contributed by atoms with Crippen LogP contribution in [0.5, 0.6) is 5.75 Å². The number of anilines is 1. The molecule has 3 rings (SSSR count). The maximum atomic E-state index is 12.7. The molecule has 1 aromatic carbocycles. The van der Waals surface area contributed by atoms with E-state index in [2.05, 4.69) is 36.3 Å². The van der Waals surface area contributed by atoms with Gasteiger partial charge in [-0.05, 0) is 48.0 Å². The molecule has 8 nitrogen and oxygen atoms in total.